The minimum atomic E-state index is -5.34. The molecule has 1 rings (SSSR count). The predicted octanol–water partition coefficient (Wildman–Crippen LogP) is 3.39. The van der Waals surface area contributed by atoms with Crippen molar-refractivity contribution in [3.05, 3.63) is 16.0 Å². The highest BCUT2D eigenvalue weighted by Gasteiger charge is 2.64. The maximum absolute atomic E-state index is 14.1. The van der Waals surface area contributed by atoms with Crippen molar-refractivity contribution in [3.63, 3.8) is 0 Å². The summed E-state index contributed by atoms with van der Waals surface area (Å²) < 4.78 is 56.1. The van der Waals surface area contributed by atoms with Gasteiger partial charge < -0.3 is 19.5 Å². The van der Waals surface area contributed by atoms with Crippen LogP contribution in [-0.4, -0.2) is 50.2 Å². The number of rotatable bonds is 8. The number of anilines is 1. The van der Waals surface area contributed by atoms with Crippen molar-refractivity contribution in [1.29, 1.82) is 0 Å². The molecule has 1 heterocycles. The van der Waals surface area contributed by atoms with Crippen LogP contribution in [0.2, 0.25) is 0 Å². The maximum Gasteiger partial charge on any atom is 0.442 e. The first-order chi connectivity index (χ1) is 13.5. The Morgan fingerprint density at radius 3 is 2.10 bits per heavy atom. The fraction of sp³-hybridized carbons (Fsp3) is 0.588. The molecule has 1 aromatic heterocycles. The van der Waals surface area contributed by atoms with Gasteiger partial charge in [-0.3, -0.25) is 5.32 Å². The van der Waals surface area contributed by atoms with Gasteiger partial charge in [0.2, 0.25) is 0 Å². The lowest BCUT2D eigenvalue weighted by molar-refractivity contribution is -0.205. The molecule has 0 aromatic carbocycles. The van der Waals surface area contributed by atoms with Gasteiger partial charge in [-0.05, 0) is 32.8 Å². The Morgan fingerprint density at radius 2 is 1.66 bits per heavy atom. The lowest BCUT2D eigenvalue weighted by Crippen LogP contribution is -2.69. The molecule has 0 bridgehead atoms. The van der Waals surface area contributed by atoms with E-state index in [2.05, 4.69) is 14.2 Å². The van der Waals surface area contributed by atoms with Crippen LogP contribution in [0.1, 0.15) is 41.6 Å². The van der Waals surface area contributed by atoms with Gasteiger partial charge in [0.15, 0.2) is 0 Å². The zero-order chi connectivity index (χ0) is 22.4. The van der Waals surface area contributed by atoms with Gasteiger partial charge in [-0.15, -0.1) is 11.3 Å². The third-order valence-electron chi connectivity index (χ3n) is 3.82. The lowest BCUT2D eigenvalue weighted by atomic mass is 10.1. The van der Waals surface area contributed by atoms with Crippen molar-refractivity contribution in [2.45, 2.75) is 46.0 Å². The Morgan fingerprint density at radius 1 is 1.07 bits per heavy atom. The van der Waals surface area contributed by atoms with Crippen LogP contribution < -0.4 is 10.6 Å². The standard InChI is InChI=1S/C17H23F3N2O6S/c1-6-10-9(4)29-12(11(10)13(23)26-5)21-16(17(18,19)20,14(24)27-7-2)22-15(25)28-8-3/h21H,6-8H2,1-5H3,(H,22,25). The van der Waals surface area contributed by atoms with Crippen LogP contribution in [-0.2, 0) is 25.4 Å². The van der Waals surface area contributed by atoms with Gasteiger partial charge in [0.25, 0.3) is 0 Å². The van der Waals surface area contributed by atoms with E-state index in [-0.39, 0.29) is 23.8 Å². The smallest absolute Gasteiger partial charge is 0.442 e. The van der Waals surface area contributed by atoms with Crippen molar-refractivity contribution >= 4 is 34.4 Å². The molecule has 1 aromatic rings. The van der Waals surface area contributed by atoms with Crippen LogP contribution in [0, 0.1) is 6.92 Å². The molecule has 0 saturated heterocycles. The second-order valence-electron chi connectivity index (χ2n) is 5.62. The van der Waals surface area contributed by atoms with Crippen LogP contribution in [0.5, 0.6) is 0 Å². The third-order valence-corrected chi connectivity index (χ3v) is 4.89. The first-order valence-electron chi connectivity index (χ1n) is 8.66. The Hall–Kier alpha value is -2.50. The van der Waals surface area contributed by atoms with E-state index in [0.29, 0.717) is 16.9 Å². The minimum Gasteiger partial charge on any atom is -0.465 e. The molecule has 0 saturated carbocycles. The van der Waals surface area contributed by atoms with Gasteiger partial charge in [-0.1, -0.05) is 6.92 Å². The van der Waals surface area contributed by atoms with Crippen LogP contribution in [0.15, 0.2) is 0 Å². The number of alkyl carbamates (subject to hydrolysis) is 1. The molecular weight excluding hydrogens is 417 g/mol. The Kier molecular flexibility index (Phi) is 8.30. The molecule has 0 aliphatic rings. The molecule has 12 heteroatoms. The van der Waals surface area contributed by atoms with E-state index < -0.39 is 29.9 Å². The molecule has 0 aliphatic carbocycles. The number of esters is 2. The van der Waals surface area contributed by atoms with Crippen molar-refractivity contribution in [2.24, 2.45) is 0 Å². The first-order valence-corrected chi connectivity index (χ1v) is 9.48. The molecule has 1 unspecified atom stereocenters. The lowest BCUT2D eigenvalue weighted by Gasteiger charge is -2.34. The molecule has 1 amide bonds. The molecule has 0 aliphatic heterocycles. The highest BCUT2D eigenvalue weighted by molar-refractivity contribution is 7.16. The quantitative estimate of drug-likeness (QED) is 0.363. The van der Waals surface area contributed by atoms with Crippen molar-refractivity contribution in [3.8, 4) is 0 Å². The van der Waals surface area contributed by atoms with Gasteiger partial charge in [0.05, 0.1) is 25.9 Å². The monoisotopic (exact) mass is 440 g/mol. The number of carbonyl (C=O) groups excluding carboxylic acids is 3. The van der Waals surface area contributed by atoms with Gasteiger partial charge in [0.1, 0.15) is 5.00 Å². The van der Waals surface area contributed by atoms with E-state index in [9.17, 15) is 27.6 Å². The molecule has 8 nitrogen and oxygen atoms in total. The van der Waals surface area contributed by atoms with Gasteiger partial charge >= 0.3 is 29.9 Å². The number of alkyl halides is 3. The third kappa shape index (κ3) is 5.11. The molecule has 0 radical (unpaired) electrons. The fourth-order valence-corrected chi connectivity index (χ4v) is 3.72. The topological polar surface area (TPSA) is 103 Å². The number of methoxy groups -OCH3 is 1. The highest BCUT2D eigenvalue weighted by Crippen LogP contribution is 2.40. The summed E-state index contributed by atoms with van der Waals surface area (Å²) in [5.74, 6) is -2.69. The summed E-state index contributed by atoms with van der Waals surface area (Å²) >= 11 is 0.816. The van der Waals surface area contributed by atoms with E-state index in [1.165, 1.54) is 19.2 Å². The number of ether oxygens (including phenoxy) is 3. The van der Waals surface area contributed by atoms with Crippen LogP contribution in [0.25, 0.3) is 0 Å². The van der Waals surface area contributed by atoms with E-state index in [0.717, 1.165) is 18.4 Å². The number of thiophene rings is 1. The number of carbonyl (C=O) groups is 3. The average molecular weight is 440 g/mol. The summed E-state index contributed by atoms with van der Waals surface area (Å²) in [6, 6.07) is 0. The van der Waals surface area contributed by atoms with Crippen molar-refractivity contribution < 1.29 is 41.8 Å². The minimum absolute atomic E-state index is 0.152. The average Bonchev–Trinajstić information content (AvgIpc) is 2.94. The molecule has 29 heavy (non-hydrogen) atoms. The van der Waals surface area contributed by atoms with Gasteiger partial charge in [-0.25, -0.2) is 14.4 Å². The molecule has 164 valence electrons. The summed E-state index contributed by atoms with van der Waals surface area (Å²) in [5.41, 5.74) is -3.37. The van der Waals surface area contributed by atoms with Gasteiger partial charge in [0, 0.05) is 4.88 Å². The predicted molar refractivity (Wildman–Crippen MR) is 99.0 cm³/mol. The maximum atomic E-state index is 14.1. The Bertz CT molecular complexity index is 765. The summed E-state index contributed by atoms with van der Waals surface area (Å²) in [6.07, 6.45) is -6.50. The summed E-state index contributed by atoms with van der Waals surface area (Å²) in [7, 11) is 1.08. The number of halogens is 3. The van der Waals surface area contributed by atoms with E-state index in [1.54, 1.807) is 13.8 Å². The van der Waals surface area contributed by atoms with E-state index in [4.69, 9.17) is 0 Å². The van der Waals surface area contributed by atoms with Crippen molar-refractivity contribution in [1.82, 2.24) is 5.32 Å². The van der Waals surface area contributed by atoms with Crippen LogP contribution in [0.4, 0.5) is 23.0 Å². The largest absolute Gasteiger partial charge is 0.465 e. The Labute approximate surface area is 169 Å². The number of nitrogens with one attached hydrogen (secondary N) is 2. The van der Waals surface area contributed by atoms with E-state index in [1.807, 2.05) is 5.32 Å². The fourth-order valence-electron chi connectivity index (χ4n) is 2.53. The second kappa shape index (κ2) is 9.81. The zero-order valence-electron chi connectivity index (χ0n) is 16.6. The molecule has 0 fully saturated rings. The molecule has 1 atom stereocenters. The van der Waals surface area contributed by atoms with Crippen LogP contribution in [0.3, 0.4) is 0 Å². The molecular formula is C17H23F3N2O6S. The first kappa shape index (κ1) is 24.5. The molecule has 2 N–H and O–H groups in total. The number of hydrogen-bond donors (Lipinski definition) is 2. The normalized spacial score (nSPS) is 13.2. The SMILES string of the molecule is CCOC(=O)NC(Nc1sc(C)c(CC)c1C(=O)OC)(C(=O)OCC)C(F)(F)F. The summed E-state index contributed by atoms with van der Waals surface area (Å²) in [4.78, 5) is 37.0. The Balaban J connectivity index is 3.65. The summed E-state index contributed by atoms with van der Waals surface area (Å²) in [5, 5.41) is 3.21. The van der Waals surface area contributed by atoms with Crippen molar-refractivity contribution in [2.75, 3.05) is 25.6 Å². The van der Waals surface area contributed by atoms with E-state index >= 15 is 0 Å². The number of hydrogen-bond acceptors (Lipinski definition) is 8. The zero-order valence-corrected chi connectivity index (χ0v) is 17.4. The number of aryl methyl sites for hydroxylation is 1. The summed E-state index contributed by atoms with van der Waals surface area (Å²) in [6.45, 7) is 5.42. The molecule has 0 spiro atoms. The van der Waals surface area contributed by atoms with Crippen LogP contribution >= 0.6 is 11.3 Å². The number of amides is 1. The highest BCUT2D eigenvalue weighted by atomic mass is 32.1. The second-order valence-corrected chi connectivity index (χ2v) is 6.85. The van der Waals surface area contributed by atoms with Gasteiger partial charge in [-0.2, -0.15) is 13.2 Å².